The van der Waals surface area contributed by atoms with E-state index < -0.39 is 0 Å². The largest absolute Gasteiger partial charge is 0.443 e. The first-order valence-electron chi connectivity index (χ1n) is 7.59. The SMILES string of the molecule is CC1CC2CCCC(C1)N2C(=O)OC1(C)CCC1. The van der Waals surface area contributed by atoms with E-state index in [1.807, 2.05) is 0 Å². The molecule has 1 amide bonds. The molecule has 3 aliphatic rings. The van der Waals surface area contributed by atoms with Crippen molar-refractivity contribution in [1.82, 2.24) is 4.90 Å². The van der Waals surface area contributed by atoms with Gasteiger partial charge in [0, 0.05) is 12.1 Å². The van der Waals surface area contributed by atoms with Crippen molar-refractivity contribution in [3.63, 3.8) is 0 Å². The zero-order chi connectivity index (χ0) is 12.8. The number of hydrogen-bond donors (Lipinski definition) is 0. The fourth-order valence-electron chi connectivity index (χ4n) is 3.99. The van der Waals surface area contributed by atoms with Crippen molar-refractivity contribution in [2.24, 2.45) is 5.92 Å². The van der Waals surface area contributed by atoms with Gasteiger partial charge in [-0.05, 0) is 64.2 Å². The minimum atomic E-state index is -0.158. The van der Waals surface area contributed by atoms with Crippen LogP contribution in [0, 0.1) is 5.92 Å². The zero-order valence-electron chi connectivity index (χ0n) is 11.7. The van der Waals surface area contributed by atoms with Crippen LogP contribution < -0.4 is 0 Å². The number of nitrogens with zero attached hydrogens (tertiary/aromatic N) is 1. The molecule has 18 heavy (non-hydrogen) atoms. The summed E-state index contributed by atoms with van der Waals surface area (Å²) in [5, 5.41) is 0. The lowest BCUT2D eigenvalue weighted by Gasteiger charge is -2.49. The van der Waals surface area contributed by atoms with Gasteiger partial charge in [0.1, 0.15) is 5.60 Å². The van der Waals surface area contributed by atoms with Crippen molar-refractivity contribution in [1.29, 1.82) is 0 Å². The summed E-state index contributed by atoms with van der Waals surface area (Å²) in [6.07, 6.45) is 9.22. The Morgan fingerprint density at radius 2 is 1.78 bits per heavy atom. The molecule has 0 aromatic heterocycles. The van der Waals surface area contributed by atoms with Crippen LogP contribution in [0.4, 0.5) is 4.79 Å². The minimum Gasteiger partial charge on any atom is -0.443 e. The van der Waals surface area contributed by atoms with E-state index in [1.165, 1.54) is 38.5 Å². The minimum absolute atomic E-state index is 0.0289. The summed E-state index contributed by atoms with van der Waals surface area (Å²) in [6.45, 7) is 4.40. The highest BCUT2D eigenvalue weighted by Crippen LogP contribution is 2.40. The van der Waals surface area contributed by atoms with Gasteiger partial charge in [-0.2, -0.15) is 0 Å². The topological polar surface area (TPSA) is 29.5 Å². The van der Waals surface area contributed by atoms with Crippen molar-refractivity contribution in [2.75, 3.05) is 0 Å². The average molecular weight is 251 g/mol. The third kappa shape index (κ3) is 2.12. The molecule has 2 saturated heterocycles. The number of fused-ring (bicyclic) bond motifs is 2. The smallest absolute Gasteiger partial charge is 0.410 e. The van der Waals surface area contributed by atoms with Gasteiger partial charge in [-0.25, -0.2) is 4.79 Å². The van der Waals surface area contributed by atoms with Gasteiger partial charge in [0.2, 0.25) is 0 Å². The number of hydrogen-bond acceptors (Lipinski definition) is 2. The Morgan fingerprint density at radius 3 is 2.28 bits per heavy atom. The molecule has 1 aliphatic carbocycles. The maximum Gasteiger partial charge on any atom is 0.410 e. The maximum atomic E-state index is 12.4. The summed E-state index contributed by atoms with van der Waals surface area (Å²) in [6, 6.07) is 0.896. The summed E-state index contributed by atoms with van der Waals surface area (Å²) in [5.41, 5.74) is -0.158. The van der Waals surface area contributed by atoms with Gasteiger partial charge >= 0.3 is 6.09 Å². The van der Waals surface area contributed by atoms with Crippen LogP contribution in [-0.2, 0) is 4.74 Å². The Balaban J connectivity index is 1.68. The van der Waals surface area contributed by atoms with E-state index in [1.54, 1.807) is 0 Å². The van der Waals surface area contributed by atoms with E-state index in [9.17, 15) is 4.79 Å². The summed E-state index contributed by atoms with van der Waals surface area (Å²) in [7, 11) is 0. The second-order valence-electron chi connectivity index (χ2n) is 6.89. The van der Waals surface area contributed by atoms with E-state index >= 15 is 0 Å². The summed E-state index contributed by atoms with van der Waals surface area (Å²) in [5.74, 6) is 0.767. The summed E-state index contributed by atoms with van der Waals surface area (Å²) >= 11 is 0. The van der Waals surface area contributed by atoms with Crippen LogP contribution in [0.15, 0.2) is 0 Å². The molecule has 2 bridgehead atoms. The number of ether oxygens (including phenoxy) is 1. The van der Waals surface area contributed by atoms with Crippen LogP contribution >= 0.6 is 0 Å². The van der Waals surface area contributed by atoms with Crippen LogP contribution in [0.3, 0.4) is 0 Å². The van der Waals surface area contributed by atoms with Crippen LogP contribution in [0.5, 0.6) is 0 Å². The Hall–Kier alpha value is -0.730. The quantitative estimate of drug-likeness (QED) is 0.711. The normalized spacial score (nSPS) is 37.9. The zero-order valence-corrected chi connectivity index (χ0v) is 11.7. The van der Waals surface area contributed by atoms with Crippen molar-refractivity contribution in [3.8, 4) is 0 Å². The third-order valence-electron chi connectivity index (χ3n) is 5.17. The Kier molecular flexibility index (Phi) is 3.03. The molecule has 3 rings (SSSR count). The van der Waals surface area contributed by atoms with Gasteiger partial charge in [-0.1, -0.05) is 6.92 Å². The molecule has 3 nitrogen and oxygen atoms in total. The van der Waals surface area contributed by atoms with Gasteiger partial charge in [0.05, 0.1) is 0 Å². The van der Waals surface area contributed by atoms with E-state index in [4.69, 9.17) is 4.74 Å². The Morgan fingerprint density at radius 1 is 1.17 bits per heavy atom. The molecule has 0 radical (unpaired) electrons. The van der Waals surface area contributed by atoms with Gasteiger partial charge in [0.25, 0.3) is 0 Å². The molecule has 1 saturated carbocycles. The molecular formula is C15H25NO2. The Labute approximate surface area is 110 Å². The second kappa shape index (κ2) is 4.43. The van der Waals surface area contributed by atoms with E-state index in [-0.39, 0.29) is 11.7 Å². The molecule has 0 N–H and O–H groups in total. The molecule has 2 heterocycles. The first kappa shape index (κ1) is 12.3. The first-order valence-corrected chi connectivity index (χ1v) is 7.59. The fraction of sp³-hybridized carbons (Fsp3) is 0.933. The van der Waals surface area contributed by atoms with Gasteiger partial charge in [-0.15, -0.1) is 0 Å². The first-order chi connectivity index (χ1) is 8.57. The lowest BCUT2D eigenvalue weighted by Crippen LogP contribution is -2.56. The lowest BCUT2D eigenvalue weighted by molar-refractivity contribution is -0.0715. The van der Waals surface area contributed by atoms with Crippen LogP contribution in [0.2, 0.25) is 0 Å². The average Bonchev–Trinajstić information content (AvgIpc) is 2.25. The van der Waals surface area contributed by atoms with Crippen molar-refractivity contribution >= 4 is 6.09 Å². The molecule has 102 valence electrons. The third-order valence-corrected chi connectivity index (χ3v) is 5.17. The predicted octanol–water partition coefficient (Wildman–Crippen LogP) is 3.72. The summed E-state index contributed by atoms with van der Waals surface area (Å²) in [4.78, 5) is 14.5. The van der Waals surface area contributed by atoms with E-state index in [0.717, 1.165) is 18.8 Å². The Bertz CT molecular complexity index is 323. The molecule has 3 heteroatoms. The van der Waals surface area contributed by atoms with Crippen LogP contribution in [0.25, 0.3) is 0 Å². The van der Waals surface area contributed by atoms with Crippen LogP contribution in [-0.4, -0.2) is 28.7 Å². The number of rotatable bonds is 1. The van der Waals surface area contributed by atoms with Crippen molar-refractivity contribution in [2.45, 2.75) is 82.9 Å². The van der Waals surface area contributed by atoms with E-state index in [2.05, 4.69) is 18.7 Å². The summed E-state index contributed by atoms with van der Waals surface area (Å²) < 4.78 is 5.77. The monoisotopic (exact) mass is 251 g/mol. The second-order valence-corrected chi connectivity index (χ2v) is 6.89. The molecule has 0 aromatic rings. The molecule has 2 atom stereocenters. The molecular weight excluding hydrogens is 226 g/mol. The highest BCUT2D eigenvalue weighted by atomic mass is 16.6. The number of piperidine rings is 2. The van der Waals surface area contributed by atoms with Crippen molar-refractivity contribution in [3.05, 3.63) is 0 Å². The molecule has 0 spiro atoms. The number of carbonyl (C=O) groups excluding carboxylic acids is 1. The number of carbonyl (C=O) groups is 1. The van der Waals surface area contributed by atoms with E-state index in [0.29, 0.717) is 12.1 Å². The molecule has 2 aliphatic heterocycles. The van der Waals surface area contributed by atoms with Gasteiger partial charge < -0.3 is 9.64 Å². The number of amides is 1. The van der Waals surface area contributed by atoms with Gasteiger partial charge in [0.15, 0.2) is 0 Å². The molecule has 0 aromatic carbocycles. The molecule has 3 fully saturated rings. The standard InChI is InChI=1S/C15H25NO2/c1-11-9-12-5-3-6-13(10-11)16(12)14(17)18-15(2)7-4-8-15/h11-13H,3-10H2,1-2H3. The fourth-order valence-corrected chi connectivity index (χ4v) is 3.99. The van der Waals surface area contributed by atoms with Crippen molar-refractivity contribution < 1.29 is 9.53 Å². The highest BCUT2D eigenvalue weighted by molar-refractivity contribution is 5.69. The van der Waals surface area contributed by atoms with Gasteiger partial charge in [-0.3, -0.25) is 0 Å². The maximum absolute atomic E-state index is 12.4. The highest BCUT2D eigenvalue weighted by Gasteiger charge is 2.43. The molecule has 2 unspecified atom stereocenters. The lowest BCUT2D eigenvalue weighted by atomic mass is 9.79. The predicted molar refractivity (Wildman–Crippen MR) is 70.4 cm³/mol. The van der Waals surface area contributed by atoms with Crippen LogP contribution in [0.1, 0.15) is 65.2 Å².